The van der Waals surface area contributed by atoms with Crippen LogP contribution in [-0.4, -0.2) is 28.2 Å². The van der Waals surface area contributed by atoms with E-state index in [0.29, 0.717) is 54.2 Å². The van der Waals surface area contributed by atoms with Gasteiger partial charge in [0.05, 0.1) is 17.6 Å². The Morgan fingerprint density at radius 3 is 2.68 bits per heavy atom. The highest BCUT2D eigenvalue weighted by Gasteiger charge is 2.37. The molecule has 6 nitrogen and oxygen atoms in total. The molecular formula is C22H33N3O3. The van der Waals surface area contributed by atoms with Gasteiger partial charge >= 0.3 is 5.69 Å². The third kappa shape index (κ3) is 3.75. The second-order valence-corrected chi connectivity index (χ2v) is 8.41. The summed E-state index contributed by atoms with van der Waals surface area (Å²) >= 11 is 0. The Kier molecular flexibility index (Phi) is 6.28. The average Bonchev–Trinajstić information content (AvgIpc) is 2.93. The summed E-state index contributed by atoms with van der Waals surface area (Å²) in [6.07, 6.45) is 3.03. The SMILES string of the molecule is CCOc1ccc2c(c1)n(CCN)c(=O)n2C(=O)C1CC(C)CCC1C(C)C. The molecule has 1 aromatic carbocycles. The first-order chi connectivity index (χ1) is 13.4. The molecule has 0 spiro atoms. The van der Waals surface area contributed by atoms with Crippen LogP contribution in [0.5, 0.6) is 5.75 Å². The van der Waals surface area contributed by atoms with E-state index in [9.17, 15) is 9.59 Å². The van der Waals surface area contributed by atoms with Crippen LogP contribution in [0.1, 0.15) is 51.8 Å². The quantitative estimate of drug-likeness (QED) is 0.823. The summed E-state index contributed by atoms with van der Waals surface area (Å²) < 4.78 is 8.59. The second-order valence-electron chi connectivity index (χ2n) is 8.41. The van der Waals surface area contributed by atoms with E-state index < -0.39 is 0 Å². The molecule has 154 valence electrons. The summed E-state index contributed by atoms with van der Waals surface area (Å²) in [6.45, 7) is 9.72. The van der Waals surface area contributed by atoms with Crippen LogP contribution in [-0.2, 0) is 6.54 Å². The van der Waals surface area contributed by atoms with Crippen LogP contribution in [0.15, 0.2) is 23.0 Å². The number of rotatable bonds is 6. The molecule has 1 aliphatic carbocycles. The highest BCUT2D eigenvalue weighted by Crippen LogP contribution is 2.39. The van der Waals surface area contributed by atoms with Gasteiger partial charge < -0.3 is 10.5 Å². The van der Waals surface area contributed by atoms with E-state index in [1.165, 1.54) is 4.57 Å². The molecule has 1 heterocycles. The molecule has 1 aliphatic rings. The fourth-order valence-corrected chi connectivity index (χ4v) is 4.70. The molecule has 0 bridgehead atoms. The Balaban J connectivity index is 2.12. The molecule has 0 radical (unpaired) electrons. The summed E-state index contributed by atoms with van der Waals surface area (Å²) in [5.41, 5.74) is 6.80. The molecule has 3 atom stereocenters. The van der Waals surface area contributed by atoms with Gasteiger partial charge in [0.1, 0.15) is 5.75 Å². The number of ether oxygens (including phenoxy) is 1. The summed E-state index contributed by atoms with van der Waals surface area (Å²) in [5, 5.41) is 0. The van der Waals surface area contributed by atoms with Crippen LogP contribution in [0.4, 0.5) is 0 Å². The van der Waals surface area contributed by atoms with Crippen molar-refractivity contribution in [2.75, 3.05) is 13.2 Å². The number of hydrogen-bond donors (Lipinski definition) is 1. The minimum Gasteiger partial charge on any atom is -0.494 e. The number of aromatic nitrogens is 2. The Hall–Kier alpha value is -2.08. The molecule has 0 amide bonds. The lowest BCUT2D eigenvalue weighted by Gasteiger charge is -2.36. The van der Waals surface area contributed by atoms with Crippen molar-refractivity contribution in [3.05, 3.63) is 28.7 Å². The van der Waals surface area contributed by atoms with Gasteiger partial charge in [-0.05, 0) is 49.7 Å². The van der Waals surface area contributed by atoms with Crippen molar-refractivity contribution in [3.8, 4) is 5.75 Å². The predicted molar refractivity (Wildman–Crippen MR) is 112 cm³/mol. The molecule has 2 aromatic rings. The first-order valence-corrected chi connectivity index (χ1v) is 10.5. The van der Waals surface area contributed by atoms with Gasteiger partial charge in [0.25, 0.3) is 0 Å². The Bertz CT molecular complexity index is 896. The Morgan fingerprint density at radius 1 is 1.29 bits per heavy atom. The number of nitrogens with two attached hydrogens (primary N) is 1. The van der Waals surface area contributed by atoms with Gasteiger partial charge in [-0.2, -0.15) is 0 Å². The smallest absolute Gasteiger partial charge is 0.336 e. The van der Waals surface area contributed by atoms with Gasteiger partial charge in [-0.1, -0.05) is 27.2 Å². The molecule has 3 rings (SSSR count). The summed E-state index contributed by atoms with van der Waals surface area (Å²) in [4.78, 5) is 26.8. The summed E-state index contributed by atoms with van der Waals surface area (Å²) in [6, 6.07) is 5.48. The highest BCUT2D eigenvalue weighted by atomic mass is 16.5. The molecule has 0 aliphatic heterocycles. The first-order valence-electron chi connectivity index (χ1n) is 10.5. The van der Waals surface area contributed by atoms with Gasteiger partial charge in [-0.15, -0.1) is 0 Å². The van der Waals surface area contributed by atoms with Crippen LogP contribution >= 0.6 is 0 Å². The molecule has 1 saturated carbocycles. The average molecular weight is 388 g/mol. The number of hydrogen-bond acceptors (Lipinski definition) is 4. The number of carbonyl (C=O) groups is 1. The zero-order valence-electron chi connectivity index (χ0n) is 17.5. The molecular weight excluding hydrogens is 354 g/mol. The van der Waals surface area contributed by atoms with Crippen molar-refractivity contribution in [2.45, 2.75) is 53.5 Å². The zero-order valence-corrected chi connectivity index (χ0v) is 17.5. The van der Waals surface area contributed by atoms with Crippen LogP contribution in [0.25, 0.3) is 11.0 Å². The van der Waals surface area contributed by atoms with Crippen molar-refractivity contribution >= 4 is 16.9 Å². The van der Waals surface area contributed by atoms with Crippen molar-refractivity contribution in [1.29, 1.82) is 0 Å². The number of nitrogens with zero attached hydrogens (tertiary/aromatic N) is 2. The van der Waals surface area contributed by atoms with Crippen LogP contribution in [0.2, 0.25) is 0 Å². The van der Waals surface area contributed by atoms with Crippen LogP contribution in [0, 0.1) is 23.7 Å². The lowest BCUT2D eigenvalue weighted by Crippen LogP contribution is -2.40. The van der Waals surface area contributed by atoms with E-state index in [4.69, 9.17) is 10.5 Å². The molecule has 6 heteroatoms. The van der Waals surface area contributed by atoms with Crippen molar-refractivity contribution in [1.82, 2.24) is 9.13 Å². The van der Waals surface area contributed by atoms with Crippen LogP contribution < -0.4 is 16.2 Å². The van der Waals surface area contributed by atoms with Crippen molar-refractivity contribution in [2.24, 2.45) is 29.4 Å². The van der Waals surface area contributed by atoms with Crippen molar-refractivity contribution in [3.63, 3.8) is 0 Å². The third-order valence-electron chi connectivity index (χ3n) is 6.12. The molecule has 2 N–H and O–H groups in total. The second kappa shape index (κ2) is 8.52. The minimum atomic E-state index is -0.292. The Labute approximate surface area is 166 Å². The first kappa shape index (κ1) is 20.6. The van der Waals surface area contributed by atoms with E-state index in [-0.39, 0.29) is 17.5 Å². The van der Waals surface area contributed by atoms with Gasteiger partial charge in [-0.25, -0.2) is 9.36 Å². The monoisotopic (exact) mass is 387 g/mol. The third-order valence-corrected chi connectivity index (χ3v) is 6.12. The van der Waals surface area contributed by atoms with E-state index in [0.717, 1.165) is 19.3 Å². The van der Waals surface area contributed by atoms with Gasteiger partial charge in [0.15, 0.2) is 0 Å². The van der Waals surface area contributed by atoms with E-state index in [2.05, 4.69) is 20.8 Å². The molecule has 3 unspecified atom stereocenters. The number of carbonyl (C=O) groups excluding carboxylic acids is 1. The van der Waals surface area contributed by atoms with Gasteiger partial charge in [0, 0.05) is 25.1 Å². The topological polar surface area (TPSA) is 79.2 Å². The lowest BCUT2D eigenvalue weighted by molar-refractivity contribution is 0.0633. The standard InChI is InChI=1S/C22H33N3O3/c1-5-28-16-7-9-19-20(13-16)24(11-10-23)22(27)25(19)21(26)18-12-15(4)6-8-17(18)14(2)3/h7,9,13-15,17-18H,5-6,8,10-12,23H2,1-4H3. The normalized spacial score (nSPS) is 22.7. The molecule has 0 saturated heterocycles. The summed E-state index contributed by atoms with van der Waals surface area (Å²) in [5.74, 6) is 1.73. The van der Waals surface area contributed by atoms with Crippen molar-refractivity contribution < 1.29 is 9.53 Å². The van der Waals surface area contributed by atoms with E-state index >= 15 is 0 Å². The van der Waals surface area contributed by atoms with Crippen LogP contribution in [0.3, 0.4) is 0 Å². The Morgan fingerprint density at radius 2 is 2.04 bits per heavy atom. The molecule has 28 heavy (non-hydrogen) atoms. The van der Waals surface area contributed by atoms with Gasteiger partial charge in [-0.3, -0.25) is 9.36 Å². The highest BCUT2D eigenvalue weighted by molar-refractivity contribution is 5.92. The lowest BCUT2D eigenvalue weighted by atomic mass is 9.69. The zero-order chi connectivity index (χ0) is 20.4. The largest absolute Gasteiger partial charge is 0.494 e. The summed E-state index contributed by atoms with van der Waals surface area (Å²) in [7, 11) is 0. The van der Waals surface area contributed by atoms with E-state index in [1.807, 2.05) is 25.1 Å². The van der Waals surface area contributed by atoms with Gasteiger partial charge in [0.2, 0.25) is 5.91 Å². The maximum atomic E-state index is 13.6. The maximum Gasteiger partial charge on any atom is 0.336 e. The number of benzene rings is 1. The fourth-order valence-electron chi connectivity index (χ4n) is 4.70. The predicted octanol–water partition coefficient (Wildman–Crippen LogP) is 3.51. The van der Waals surface area contributed by atoms with E-state index in [1.54, 1.807) is 4.57 Å². The molecule has 1 aromatic heterocycles. The number of fused-ring (bicyclic) bond motifs is 1. The fraction of sp³-hybridized carbons (Fsp3) is 0.636. The minimum absolute atomic E-state index is 0.0693. The molecule has 1 fully saturated rings. The number of imidazole rings is 1. The maximum absolute atomic E-state index is 13.6.